The molecule has 1 atom stereocenters. The molecule has 11 heteroatoms. The fraction of sp³-hybridized carbons (Fsp3) is 0.462. The lowest BCUT2D eigenvalue weighted by Gasteiger charge is -2.21. The molecule has 130 valence electrons. The Balaban J connectivity index is 1.62. The van der Waals surface area contributed by atoms with Crippen LogP contribution in [-0.4, -0.2) is 34.0 Å². The van der Waals surface area contributed by atoms with E-state index in [-0.39, 0.29) is 10.7 Å². The lowest BCUT2D eigenvalue weighted by molar-refractivity contribution is -0.186. The van der Waals surface area contributed by atoms with Gasteiger partial charge in [-0.3, -0.25) is 9.89 Å². The summed E-state index contributed by atoms with van der Waals surface area (Å²) >= 11 is 0.959. The molecule has 2 N–H and O–H groups in total. The Morgan fingerprint density at radius 1 is 1.42 bits per heavy atom. The number of nitrogens with zero attached hydrogens (tertiary/aromatic N) is 2. The summed E-state index contributed by atoms with van der Waals surface area (Å²) in [5.74, 6) is -1.82. The first kappa shape index (κ1) is 16.9. The van der Waals surface area contributed by atoms with E-state index in [2.05, 4.69) is 15.6 Å². The van der Waals surface area contributed by atoms with Crippen LogP contribution in [0.4, 0.5) is 13.2 Å². The van der Waals surface area contributed by atoms with Crippen molar-refractivity contribution >= 4 is 17.2 Å². The van der Waals surface area contributed by atoms with E-state index in [1.54, 1.807) is 0 Å². The maximum absolute atomic E-state index is 12.5. The average Bonchev–Trinajstić information content (AvgIpc) is 3.21. The predicted molar refractivity (Wildman–Crippen MR) is 76.8 cm³/mol. The number of carbonyl (C=O) groups excluding carboxylic acids is 1. The van der Waals surface area contributed by atoms with Crippen molar-refractivity contribution in [2.24, 2.45) is 0 Å². The van der Waals surface area contributed by atoms with Crippen molar-refractivity contribution in [2.75, 3.05) is 6.61 Å². The Hall–Kier alpha value is -1.98. The minimum absolute atomic E-state index is 0.122. The number of aromatic amines is 1. The SMILES string of the molecule is O=C(NOC1CCCCO1)c1ccc(-c2n[nH]c(C(F)(F)F)n2)s1. The standard InChI is InChI=1S/C13H13F3N4O3S/c14-13(15,16)12-17-10(18-19-12)7-4-5-8(24-7)11(21)20-23-9-3-1-2-6-22-9/h4-5,9H,1-3,6H2,(H,20,21)(H,17,18,19). The first-order valence-corrected chi connectivity index (χ1v) is 7.92. The molecule has 3 heterocycles. The zero-order valence-corrected chi connectivity index (χ0v) is 13.0. The zero-order chi connectivity index (χ0) is 17.2. The van der Waals surface area contributed by atoms with Crippen molar-refractivity contribution < 1.29 is 27.5 Å². The molecule has 0 aromatic carbocycles. The molecule has 0 bridgehead atoms. The normalized spacial score (nSPS) is 18.5. The minimum Gasteiger partial charge on any atom is -0.350 e. The number of nitrogens with one attached hydrogen (secondary N) is 2. The molecular weight excluding hydrogens is 349 g/mol. The summed E-state index contributed by atoms with van der Waals surface area (Å²) in [5.41, 5.74) is 2.28. The van der Waals surface area contributed by atoms with Crippen LogP contribution in [0, 0.1) is 0 Å². The predicted octanol–water partition coefficient (Wildman–Crippen LogP) is 2.74. The number of amides is 1. The van der Waals surface area contributed by atoms with Crippen LogP contribution < -0.4 is 5.48 Å². The van der Waals surface area contributed by atoms with E-state index in [9.17, 15) is 18.0 Å². The first-order chi connectivity index (χ1) is 11.4. The smallest absolute Gasteiger partial charge is 0.350 e. The highest BCUT2D eigenvalue weighted by atomic mass is 32.1. The van der Waals surface area contributed by atoms with E-state index in [0.29, 0.717) is 17.9 Å². The van der Waals surface area contributed by atoms with Gasteiger partial charge < -0.3 is 4.74 Å². The first-order valence-electron chi connectivity index (χ1n) is 7.11. The van der Waals surface area contributed by atoms with Crippen molar-refractivity contribution in [1.82, 2.24) is 20.7 Å². The summed E-state index contributed by atoms with van der Waals surface area (Å²) in [7, 11) is 0. The van der Waals surface area contributed by atoms with Crippen LogP contribution >= 0.6 is 11.3 Å². The molecule has 1 unspecified atom stereocenters. The molecule has 1 fully saturated rings. The van der Waals surface area contributed by atoms with Gasteiger partial charge in [-0.1, -0.05) is 0 Å². The third-order valence-corrected chi connectivity index (χ3v) is 4.31. The molecule has 1 aliphatic heterocycles. The van der Waals surface area contributed by atoms with Crippen LogP contribution in [0.1, 0.15) is 34.8 Å². The van der Waals surface area contributed by atoms with Crippen LogP contribution in [-0.2, 0) is 15.8 Å². The van der Waals surface area contributed by atoms with Crippen LogP contribution in [0.5, 0.6) is 0 Å². The third kappa shape index (κ3) is 3.91. The number of H-pyrrole nitrogens is 1. The molecular formula is C13H13F3N4O3S. The number of halogens is 3. The number of thiophene rings is 1. The maximum atomic E-state index is 12.5. The van der Waals surface area contributed by atoms with E-state index in [1.165, 1.54) is 12.1 Å². The Kier molecular flexibility index (Phi) is 4.83. The molecule has 2 aromatic heterocycles. The number of carbonyl (C=O) groups is 1. The number of aromatic nitrogens is 3. The summed E-state index contributed by atoms with van der Waals surface area (Å²) in [4.78, 5) is 21.1. The number of hydrogen-bond donors (Lipinski definition) is 2. The Morgan fingerprint density at radius 3 is 2.92 bits per heavy atom. The highest BCUT2D eigenvalue weighted by Crippen LogP contribution is 2.30. The second-order valence-corrected chi connectivity index (χ2v) is 6.10. The van der Waals surface area contributed by atoms with E-state index < -0.39 is 24.2 Å². The summed E-state index contributed by atoms with van der Waals surface area (Å²) in [5, 5.41) is 5.35. The van der Waals surface area contributed by atoms with Crippen LogP contribution in [0.2, 0.25) is 0 Å². The fourth-order valence-corrected chi connectivity index (χ4v) is 2.88. The van der Waals surface area contributed by atoms with Gasteiger partial charge in [0.15, 0.2) is 12.1 Å². The highest BCUT2D eigenvalue weighted by molar-refractivity contribution is 7.17. The van der Waals surface area contributed by atoms with Gasteiger partial charge in [0.2, 0.25) is 5.82 Å². The second kappa shape index (κ2) is 6.87. The van der Waals surface area contributed by atoms with E-state index in [0.717, 1.165) is 24.2 Å². The Morgan fingerprint density at radius 2 is 2.25 bits per heavy atom. The third-order valence-electron chi connectivity index (χ3n) is 3.23. The molecule has 3 rings (SSSR count). The number of rotatable bonds is 4. The topological polar surface area (TPSA) is 89.1 Å². The quantitative estimate of drug-likeness (QED) is 0.817. The Labute approximate surface area is 138 Å². The molecule has 1 saturated heterocycles. The summed E-state index contributed by atoms with van der Waals surface area (Å²) in [6, 6.07) is 2.93. The van der Waals surface area contributed by atoms with Crippen molar-refractivity contribution in [3.8, 4) is 10.7 Å². The number of hydrogen-bond acceptors (Lipinski definition) is 6. The van der Waals surface area contributed by atoms with Gasteiger partial charge in [-0.05, 0) is 25.0 Å². The molecule has 1 aliphatic rings. The summed E-state index contributed by atoms with van der Waals surface area (Å²) in [6.07, 6.45) is -2.48. The minimum atomic E-state index is -4.60. The molecule has 2 aromatic rings. The van der Waals surface area contributed by atoms with Crippen molar-refractivity contribution in [1.29, 1.82) is 0 Å². The van der Waals surface area contributed by atoms with Gasteiger partial charge in [-0.25, -0.2) is 15.3 Å². The molecule has 1 amide bonds. The van der Waals surface area contributed by atoms with Crippen molar-refractivity contribution in [2.45, 2.75) is 31.7 Å². The van der Waals surface area contributed by atoms with Crippen LogP contribution in [0.15, 0.2) is 12.1 Å². The van der Waals surface area contributed by atoms with Crippen LogP contribution in [0.3, 0.4) is 0 Å². The van der Waals surface area contributed by atoms with Gasteiger partial charge in [-0.15, -0.1) is 11.3 Å². The number of hydroxylamine groups is 1. The van der Waals surface area contributed by atoms with Crippen molar-refractivity contribution in [3.63, 3.8) is 0 Å². The van der Waals surface area contributed by atoms with Crippen molar-refractivity contribution in [3.05, 3.63) is 22.8 Å². The van der Waals surface area contributed by atoms with E-state index in [4.69, 9.17) is 9.57 Å². The molecule has 0 spiro atoms. The highest BCUT2D eigenvalue weighted by Gasteiger charge is 2.35. The molecule has 0 aliphatic carbocycles. The zero-order valence-electron chi connectivity index (χ0n) is 12.2. The number of alkyl halides is 3. The Bertz CT molecular complexity index is 709. The lowest BCUT2D eigenvalue weighted by atomic mass is 10.2. The largest absolute Gasteiger partial charge is 0.451 e. The van der Waals surface area contributed by atoms with Gasteiger partial charge in [0, 0.05) is 13.0 Å². The molecule has 0 radical (unpaired) electrons. The average molecular weight is 362 g/mol. The van der Waals surface area contributed by atoms with Crippen LogP contribution in [0.25, 0.3) is 10.7 Å². The van der Waals surface area contributed by atoms with E-state index in [1.807, 2.05) is 5.10 Å². The maximum Gasteiger partial charge on any atom is 0.451 e. The monoisotopic (exact) mass is 362 g/mol. The molecule has 7 nitrogen and oxygen atoms in total. The molecule has 24 heavy (non-hydrogen) atoms. The van der Waals surface area contributed by atoms with Gasteiger partial charge in [0.05, 0.1) is 9.75 Å². The van der Waals surface area contributed by atoms with Gasteiger partial charge in [0.1, 0.15) is 0 Å². The van der Waals surface area contributed by atoms with E-state index >= 15 is 0 Å². The van der Waals surface area contributed by atoms with Gasteiger partial charge in [-0.2, -0.15) is 18.3 Å². The lowest BCUT2D eigenvalue weighted by Crippen LogP contribution is -2.32. The second-order valence-electron chi connectivity index (χ2n) is 5.01. The number of ether oxygens (including phenoxy) is 1. The molecule has 0 saturated carbocycles. The summed E-state index contributed by atoms with van der Waals surface area (Å²) in [6.45, 7) is 0.579. The fourth-order valence-electron chi connectivity index (χ4n) is 2.05. The van der Waals surface area contributed by atoms with Gasteiger partial charge >= 0.3 is 6.18 Å². The summed E-state index contributed by atoms with van der Waals surface area (Å²) < 4.78 is 42.8. The van der Waals surface area contributed by atoms with Gasteiger partial charge in [0.25, 0.3) is 5.91 Å².